The molecule has 0 aliphatic carbocycles. The van der Waals surface area contributed by atoms with Gasteiger partial charge < -0.3 is 14.8 Å². The average molecular weight is 844 g/mol. The number of nitrogens with zero attached hydrogens (tertiary/aromatic N) is 9. The number of piperidine rings is 2. The monoisotopic (exact) mass is 843 g/mol. The van der Waals surface area contributed by atoms with Gasteiger partial charge in [-0.15, -0.1) is 0 Å². The van der Waals surface area contributed by atoms with Crippen LogP contribution in [0.15, 0.2) is 54.9 Å². The van der Waals surface area contributed by atoms with E-state index in [1.807, 2.05) is 49.7 Å². The van der Waals surface area contributed by atoms with Crippen LogP contribution in [0.5, 0.6) is 0 Å². The third kappa shape index (κ3) is 7.15. The molecule has 320 valence electrons. The summed E-state index contributed by atoms with van der Waals surface area (Å²) in [4.78, 5) is 76.7. The molecule has 2 N–H and O–H groups in total. The molecule has 3 aromatic heterocycles. The maximum Gasteiger partial charge on any atom is 0.262 e. The molecule has 5 aliphatic rings. The van der Waals surface area contributed by atoms with Gasteiger partial charge in [0.15, 0.2) is 11.6 Å². The van der Waals surface area contributed by atoms with Crippen molar-refractivity contribution in [3.05, 3.63) is 89.0 Å². The van der Waals surface area contributed by atoms with Crippen molar-refractivity contribution in [2.24, 2.45) is 5.92 Å². The lowest BCUT2D eigenvalue weighted by Crippen LogP contribution is -2.54. The number of anilines is 3. The number of hydrogen-bond acceptors (Lipinski definition) is 12. The molecule has 10 rings (SSSR count). The van der Waals surface area contributed by atoms with Crippen LogP contribution < -0.4 is 15.5 Å². The number of hydrogen-bond donors (Lipinski definition) is 2. The molecule has 4 amide bonds. The first-order valence-electron chi connectivity index (χ1n) is 21.4. The number of amides is 4. The number of carbonyl (C=O) groups excluding carboxylic acids is 4. The Morgan fingerprint density at radius 1 is 0.871 bits per heavy atom. The van der Waals surface area contributed by atoms with E-state index < -0.39 is 41.3 Å². The van der Waals surface area contributed by atoms with E-state index >= 15 is 8.78 Å². The molecule has 5 aromatic rings. The summed E-state index contributed by atoms with van der Waals surface area (Å²) in [7, 11) is 0. The highest BCUT2D eigenvalue weighted by Crippen LogP contribution is 2.39. The summed E-state index contributed by atoms with van der Waals surface area (Å²) < 4.78 is 32.1. The van der Waals surface area contributed by atoms with Crippen LogP contribution in [0, 0.1) is 24.5 Å². The molecule has 0 spiro atoms. The largest absolute Gasteiger partial charge is 0.366 e. The molecule has 4 fully saturated rings. The van der Waals surface area contributed by atoms with Gasteiger partial charge >= 0.3 is 0 Å². The number of likely N-dealkylation sites (tertiary alicyclic amines) is 2. The zero-order valence-corrected chi connectivity index (χ0v) is 34.8. The van der Waals surface area contributed by atoms with E-state index in [0.29, 0.717) is 51.9 Å². The van der Waals surface area contributed by atoms with Gasteiger partial charge in [0.05, 0.1) is 22.8 Å². The van der Waals surface area contributed by atoms with Gasteiger partial charge in [0.1, 0.15) is 28.9 Å². The molecule has 2 bridgehead atoms. The number of halogens is 2. The molecule has 5 aliphatic heterocycles. The summed E-state index contributed by atoms with van der Waals surface area (Å²) in [5.74, 6) is -1.24. The molecule has 8 heterocycles. The number of fused-ring (bicyclic) bond motifs is 4. The minimum Gasteiger partial charge on any atom is -0.366 e. The van der Waals surface area contributed by atoms with Gasteiger partial charge in [0.25, 0.3) is 11.8 Å². The Morgan fingerprint density at radius 3 is 2.40 bits per heavy atom. The second-order valence-electron chi connectivity index (χ2n) is 17.6. The van der Waals surface area contributed by atoms with Crippen molar-refractivity contribution in [3.8, 4) is 11.3 Å². The highest BCUT2D eigenvalue weighted by molar-refractivity contribution is 6.23. The van der Waals surface area contributed by atoms with Crippen LogP contribution in [0.3, 0.4) is 0 Å². The molecule has 0 radical (unpaired) electrons. The number of aromatic nitrogens is 5. The molecule has 17 heteroatoms. The number of nitrogens with one attached hydrogen (secondary N) is 2. The van der Waals surface area contributed by atoms with E-state index in [1.54, 1.807) is 18.2 Å². The summed E-state index contributed by atoms with van der Waals surface area (Å²) in [6, 6.07) is 12.0. The second kappa shape index (κ2) is 15.6. The first-order valence-corrected chi connectivity index (χ1v) is 21.4. The van der Waals surface area contributed by atoms with Gasteiger partial charge in [-0.2, -0.15) is 0 Å². The second-order valence-corrected chi connectivity index (χ2v) is 17.6. The standard InChI is InChI=1S/C45H47F2N11O4/c1-24(2)57-25(3)50-41-34(46)14-28(15-37(41)57)40-35(47)19-49-45(53-40)51-38-8-4-27(18-48-38)20-54-12-10-26(11-13-54)21-55-22-31-16-30(55)23-56(31)29-5-6-32-33(17-29)44(62)58(43(32)61)36-7-9-39(59)52-42(36)60/h4-6,8,14-15,17-19,24,26,30-31,36H,7,9-13,16,20-23H2,1-3H3,(H,52,59,60)(H,48,49,51,53)/t30-,31-,36?/m1/s1. The minimum absolute atomic E-state index is 0.0205. The normalized spacial score (nSPS) is 22.1. The average Bonchev–Trinajstić information content (AvgIpc) is 4.00. The lowest BCUT2D eigenvalue weighted by molar-refractivity contribution is -0.136. The van der Waals surface area contributed by atoms with Crippen molar-refractivity contribution in [1.82, 2.24) is 44.5 Å². The maximum atomic E-state index is 15.2. The van der Waals surface area contributed by atoms with Gasteiger partial charge in [-0.1, -0.05) is 6.07 Å². The predicted octanol–water partition coefficient (Wildman–Crippen LogP) is 5.38. The first-order chi connectivity index (χ1) is 29.9. The van der Waals surface area contributed by atoms with E-state index in [4.69, 9.17) is 0 Å². The van der Waals surface area contributed by atoms with Gasteiger partial charge in [0, 0.05) is 68.2 Å². The third-order valence-electron chi connectivity index (χ3n) is 13.2. The van der Waals surface area contributed by atoms with E-state index in [-0.39, 0.29) is 36.0 Å². The summed E-state index contributed by atoms with van der Waals surface area (Å²) in [5.41, 5.74) is 3.70. The Labute approximate surface area is 356 Å². The van der Waals surface area contributed by atoms with Crippen LogP contribution in [-0.4, -0.2) is 114 Å². The molecule has 0 saturated carbocycles. The van der Waals surface area contributed by atoms with Crippen LogP contribution in [0.4, 0.5) is 26.2 Å². The maximum absolute atomic E-state index is 15.2. The molecular formula is C45H47F2N11O4. The van der Waals surface area contributed by atoms with E-state index in [2.05, 4.69) is 45.3 Å². The first kappa shape index (κ1) is 39.9. The number of carbonyl (C=O) groups is 4. The molecular weight excluding hydrogens is 797 g/mol. The summed E-state index contributed by atoms with van der Waals surface area (Å²) in [5, 5.41) is 5.32. The SMILES string of the molecule is Cc1nc2c(F)cc(-c3nc(Nc4ccc(CN5CCC(CN6C[C@H]7C[C@@H]6CN7c6ccc7c(c6)C(=O)N(C6CCC(=O)NC6=O)C7=O)CC5)cn4)ncc3F)cc2n1C(C)C. The van der Waals surface area contributed by atoms with Gasteiger partial charge in [-0.3, -0.25) is 39.2 Å². The zero-order chi connectivity index (χ0) is 43.0. The zero-order valence-electron chi connectivity index (χ0n) is 34.8. The lowest BCUT2D eigenvalue weighted by atomic mass is 9.95. The van der Waals surface area contributed by atoms with E-state index in [9.17, 15) is 19.2 Å². The van der Waals surface area contributed by atoms with Gasteiger partial charge in [-0.05, 0) is 107 Å². The Morgan fingerprint density at radius 2 is 1.68 bits per heavy atom. The number of imide groups is 2. The van der Waals surface area contributed by atoms with Crippen molar-refractivity contribution < 1.29 is 28.0 Å². The Bertz CT molecular complexity index is 2640. The van der Waals surface area contributed by atoms with Gasteiger partial charge in [-0.25, -0.2) is 28.7 Å². The smallest absolute Gasteiger partial charge is 0.262 e. The molecule has 3 atom stereocenters. The fourth-order valence-electron chi connectivity index (χ4n) is 10.2. The summed E-state index contributed by atoms with van der Waals surface area (Å²) >= 11 is 0. The van der Waals surface area contributed by atoms with Gasteiger partial charge in [0.2, 0.25) is 17.8 Å². The quantitative estimate of drug-likeness (QED) is 0.173. The molecule has 4 saturated heterocycles. The lowest BCUT2D eigenvalue weighted by Gasteiger charge is -2.39. The Balaban J connectivity index is 0.708. The van der Waals surface area contributed by atoms with Crippen LogP contribution in [0.2, 0.25) is 0 Å². The van der Waals surface area contributed by atoms with Crippen molar-refractivity contribution in [2.75, 3.05) is 42.9 Å². The third-order valence-corrected chi connectivity index (χ3v) is 13.2. The van der Waals surface area contributed by atoms with Crippen LogP contribution in [0.25, 0.3) is 22.3 Å². The van der Waals surface area contributed by atoms with Crippen molar-refractivity contribution in [1.29, 1.82) is 0 Å². The highest BCUT2D eigenvalue weighted by atomic mass is 19.1. The van der Waals surface area contributed by atoms with E-state index in [1.165, 1.54) is 6.07 Å². The van der Waals surface area contributed by atoms with Crippen molar-refractivity contribution in [3.63, 3.8) is 0 Å². The van der Waals surface area contributed by atoms with E-state index in [0.717, 1.165) is 80.9 Å². The van der Waals surface area contributed by atoms with Crippen LogP contribution >= 0.6 is 0 Å². The number of pyridine rings is 1. The Kier molecular flexibility index (Phi) is 10.0. The molecule has 2 aromatic carbocycles. The van der Waals surface area contributed by atoms with Crippen LogP contribution in [-0.2, 0) is 16.1 Å². The predicted molar refractivity (Wildman–Crippen MR) is 226 cm³/mol. The minimum atomic E-state index is -0.977. The number of benzene rings is 2. The molecule has 62 heavy (non-hydrogen) atoms. The van der Waals surface area contributed by atoms with Crippen molar-refractivity contribution >= 4 is 52.1 Å². The number of aryl methyl sites for hydroxylation is 1. The van der Waals surface area contributed by atoms with Crippen LogP contribution in [0.1, 0.15) is 84.1 Å². The summed E-state index contributed by atoms with van der Waals surface area (Å²) in [6.45, 7) is 11.4. The molecule has 1 unspecified atom stereocenters. The highest BCUT2D eigenvalue weighted by Gasteiger charge is 2.47. The number of imidazole rings is 1. The Hall–Kier alpha value is -6.20. The fraction of sp³-hybridized carbons (Fsp3) is 0.422. The fourth-order valence-corrected chi connectivity index (χ4v) is 10.2. The van der Waals surface area contributed by atoms with Crippen molar-refractivity contribution in [2.45, 2.75) is 83.6 Å². The topological polar surface area (TPSA) is 162 Å². The molecule has 15 nitrogen and oxygen atoms in total. The number of rotatable bonds is 10. The number of piperazine rings is 1. The summed E-state index contributed by atoms with van der Waals surface area (Å²) in [6.07, 6.45) is 6.39.